The minimum Gasteiger partial charge on any atom is -0.496 e. The van der Waals surface area contributed by atoms with Crippen LogP contribution in [-0.2, 0) is 0 Å². The van der Waals surface area contributed by atoms with Crippen molar-refractivity contribution in [2.75, 3.05) is 34.8 Å². The molecule has 0 N–H and O–H groups in total. The van der Waals surface area contributed by atoms with E-state index in [1.165, 1.54) is 0 Å². The molecule has 2 aromatic carbocycles. The monoisotopic (exact) mass is 454 g/mol. The summed E-state index contributed by atoms with van der Waals surface area (Å²) >= 11 is 0. The van der Waals surface area contributed by atoms with Gasteiger partial charge >= 0.3 is 5.97 Å². The Morgan fingerprint density at radius 1 is 0.818 bits per heavy atom. The molecule has 0 saturated carbocycles. The zero-order valence-corrected chi connectivity index (χ0v) is 21.8. The summed E-state index contributed by atoms with van der Waals surface area (Å²) < 4.78 is 12.3. The van der Waals surface area contributed by atoms with Gasteiger partial charge in [-0.1, -0.05) is 17.7 Å². The number of aryl methyl sites for hydroxylation is 4. The second-order valence-electron chi connectivity index (χ2n) is 10.1. The molecule has 0 heterocycles. The minimum absolute atomic E-state index is 0.0413. The van der Waals surface area contributed by atoms with Crippen LogP contribution in [0.5, 0.6) is 11.5 Å². The molecule has 0 aromatic heterocycles. The van der Waals surface area contributed by atoms with Crippen LogP contribution in [0.3, 0.4) is 0 Å². The molecule has 2 rings (SSSR count). The standard InChI is InChI=1S/C28H40NO4/c1-18-15-19(2)26(20(3)16-18)33-28(31)23-17-21(4)27(32-9)22(5)25(23)24(30)13-11-10-12-14-29(6,7)8/h15-17H,10-14H2,1-9H3/q+1. The van der Waals surface area contributed by atoms with Crippen molar-refractivity contribution in [1.82, 2.24) is 0 Å². The maximum Gasteiger partial charge on any atom is 0.344 e. The van der Waals surface area contributed by atoms with Crippen LogP contribution in [0.1, 0.15) is 74.2 Å². The number of quaternary nitrogens is 1. The molecular weight excluding hydrogens is 414 g/mol. The number of methoxy groups -OCH3 is 1. The molecule has 0 aliphatic rings. The van der Waals surface area contributed by atoms with E-state index in [1.807, 2.05) is 46.8 Å². The van der Waals surface area contributed by atoms with Crippen molar-refractivity contribution in [3.63, 3.8) is 0 Å². The minimum atomic E-state index is -0.507. The molecule has 0 atom stereocenters. The Kier molecular flexibility index (Phi) is 8.84. The molecule has 5 nitrogen and oxygen atoms in total. The van der Waals surface area contributed by atoms with E-state index in [9.17, 15) is 9.59 Å². The molecule has 0 amide bonds. The summed E-state index contributed by atoms with van der Waals surface area (Å²) in [6.07, 6.45) is 3.23. The second-order valence-corrected chi connectivity index (χ2v) is 10.1. The van der Waals surface area contributed by atoms with Crippen molar-refractivity contribution in [3.05, 3.63) is 57.1 Å². The number of carbonyl (C=O) groups is 2. The van der Waals surface area contributed by atoms with Crippen LogP contribution in [0, 0.1) is 34.6 Å². The summed E-state index contributed by atoms with van der Waals surface area (Å²) in [7, 11) is 8.10. The number of esters is 1. The quantitative estimate of drug-likeness (QED) is 0.147. The summed E-state index contributed by atoms with van der Waals surface area (Å²) in [6.45, 7) is 10.7. The smallest absolute Gasteiger partial charge is 0.344 e. The van der Waals surface area contributed by atoms with Crippen LogP contribution in [0.4, 0.5) is 0 Å². The van der Waals surface area contributed by atoms with Gasteiger partial charge in [-0.3, -0.25) is 4.79 Å². The molecule has 33 heavy (non-hydrogen) atoms. The van der Waals surface area contributed by atoms with E-state index in [1.54, 1.807) is 13.2 Å². The summed E-state index contributed by atoms with van der Waals surface area (Å²) in [6, 6.07) is 5.70. The highest BCUT2D eigenvalue weighted by molar-refractivity contribution is 6.08. The predicted octanol–water partition coefficient (Wildman–Crippen LogP) is 5.91. The number of rotatable bonds is 10. The van der Waals surface area contributed by atoms with Crippen molar-refractivity contribution < 1.29 is 23.5 Å². The van der Waals surface area contributed by atoms with Gasteiger partial charge in [0.25, 0.3) is 0 Å². The fourth-order valence-electron chi connectivity index (χ4n) is 4.45. The molecule has 0 unspecified atom stereocenters. The largest absolute Gasteiger partial charge is 0.496 e. The van der Waals surface area contributed by atoms with E-state index in [2.05, 4.69) is 21.1 Å². The highest BCUT2D eigenvalue weighted by Crippen LogP contribution is 2.32. The average molecular weight is 455 g/mol. The Hall–Kier alpha value is -2.66. The van der Waals surface area contributed by atoms with E-state index >= 15 is 0 Å². The Morgan fingerprint density at radius 2 is 1.39 bits per heavy atom. The molecule has 5 heteroatoms. The Morgan fingerprint density at radius 3 is 1.94 bits per heavy atom. The number of carbonyl (C=O) groups excluding carboxylic acids is 2. The first kappa shape index (κ1) is 26.6. The number of hydrogen-bond donors (Lipinski definition) is 0. The third-order valence-electron chi connectivity index (χ3n) is 5.94. The zero-order valence-electron chi connectivity index (χ0n) is 21.8. The van der Waals surface area contributed by atoms with Crippen LogP contribution in [0.25, 0.3) is 0 Å². The van der Waals surface area contributed by atoms with Gasteiger partial charge in [0.1, 0.15) is 11.5 Å². The molecule has 0 spiro atoms. The van der Waals surface area contributed by atoms with E-state index in [0.29, 0.717) is 34.6 Å². The highest BCUT2D eigenvalue weighted by atomic mass is 16.5. The number of unbranched alkanes of at least 4 members (excludes halogenated alkanes) is 2. The zero-order chi connectivity index (χ0) is 24.9. The lowest BCUT2D eigenvalue weighted by atomic mass is 9.92. The Bertz CT molecular complexity index is 1010. The van der Waals surface area contributed by atoms with E-state index in [-0.39, 0.29) is 5.78 Å². The molecular formula is C28H40NO4+. The van der Waals surface area contributed by atoms with Crippen LogP contribution in [0.2, 0.25) is 0 Å². The van der Waals surface area contributed by atoms with Crippen molar-refractivity contribution >= 4 is 11.8 Å². The lowest BCUT2D eigenvalue weighted by molar-refractivity contribution is -0.870. The molecule has 180 valence electrons. The van der Waals surface area contributed by atoms with Gasteiger partial charge in [0.05, 0.1) is 40.4 Å². The number of hydrogen-bond acceptors (Lipinski definition) is 4. The third-order valence-corrected chi connectivity index (χ3v) is 5.94. The molecule has 0 bridgehead atoms. The van der Waals surface area contributed by atoms with Crippen molar-refractivity contribution in [1.29, 1.82) is 0 Å². The fraction of sp³-hybridized carbons (Fsp3) is 0.500. The maximum absolute atomic E-state index is 13.3. The lowest BCUT2D eigenvalue weighted by Gasteiger charge is -2.23. The summed E-state index contributed by atoms with van der Waals surface area (Å²) in [5.74, 6) is 0.644. The normalized spacial score (nSPS) is 11.4. The Labute approximate surface area is 199 Å². The van der Waals surface area contributed by atoms with Gasteiger partial charge in [-0.2, -0.15) is 0 Å². The van der Waals surface area contributed by atoms with Gasteiger partial charge < -0.3 is 14.0 Å². The Balaban J connectivity index is 2.33. The lowest BCUT2D eigenvalue weighted by Crippen LogP contribution is -2.35. The van der Waals surface area contributed by atoms with Gasteiger partial charge in [0.2, 0.25) is 0 Å². The third kappa shape index (κ3) is 6.91. The van der Waals surface area contributed by atoms with Crippen molar-refractivity contribution in [2.45, 2.75) is 60.3 Å². The number of nitrogens with zero attached hydrogens (tertiary/aromatic N) is 1. The first-order valence-corrected chi connectivity index (χ1v) is 11.7. The first-order valence-electron chi connectivity index (χ1n) is 11.7. The molecule has 2 aromatic rings. The SMILES string of the molecule is COc1c(C)cc(C(=O)Oc2c(C)cc(C)cc2C)c(C(=O)CCCCC[N+](C)(C)C)c1C. The number of benzene rings is 2. The fourth-order valence-corrected chi connectivity index (χ4v) is 4.45. The molecule has 0 fully saturated rings. The second kappa shape index (κ2) is 11.0. The van der Waals surface area contributed by atoms with E-state index in [4.69, 9.17) is 9.47 Å². The van der Waals surface area contributed by atoms with Crippen LogP contribution in [-0.4, -0.2) is 51.0 Å². The van der Waals surface area contributed by atoms with Gasteiger partial charge in [0.15, 0.2) is 5.78 Å². The van der Waals surface area contributed by atoms with Gasteiger partial charge in [-0.15, -0.1) is 0 Å². The number of Topliss-reactive ketones (excluding diaryl/α,β-unsaturated/α-hetero) is 1. The molecule has 0 radical (unpaired) electrons. The predicted molar refractivity (Wildman–Crippen MR) is 134 cm³/mol. The topological polar surface area (TPSA) is 52.6 Å². The molecule has 0 saturated heterocycles. The number of ether oxygens (including phenoxy) is 2. The number of ketones is 1. The summed E-state index contributed by atoms with van der Waals surface area (Å²) in [5.41, 5.74) is 5.12. The first-order chi connectivity index (χ1) is 15.4. The maximum atomic E-state index is 13.3. The highest BCUT2D eigenvalue weighted by Gasteiger charge is 2.25. The summed E-state index contributed by atoms with van der Waals surface area (Å²) in [5, 5.41) is 0. The molecule has 0 aliphatic carbocycles. The average Bonchev–Trinajstić information content (AvgIpc) is 2.69. The van der Waals surface area contributed by atoms with Gasteiger partial charge in [-0.05, 0) is 76.6 Å². The van der Waals surface area contributed by atoms with Gasteiger partial charge in [0, 0.05) is 17.5 Å². The summed E-state index contributed by atoms with van der Waals surface area (Å²) in [4.78, 5) is 26.6. The van der Waals surface area contributed by atoms with Gasteiger partial charge in [-0.25, -0.2) is 4.79 Å². The molecule has 0 aliphatic heterocycles. The van der Waals surface area contributed by atoms with Crippen LogP contribution in [0.15, 0.2) is 18.2 Å². The van der Waals surface area contributed by atoms with E-state index in [0.717, 1.165) is 52.5 Å². The van der Waals surface area contributed by atoms with Crippen molar-refractivity contribution in [3.8, 4) is 11.5 Å². The van der Waals surface area contributed by atoms with Crippen molar-refractivity contribution in [2.24, 2.45) is 0 Å². The van der Waals surface area contributed by atoms with E-state index < -0.39 is 5.97 Å². The van der Waals surface area contributed by atoms with Crippen LogP contribution >= 0.6 is 0 Å². The van der Waals surface area contributed by atoms with Crippen LogP contribution < -0.4 is 9.47 Å².